The molecule has 4 rings (SSSR count). The van der Waals surface area contributed by atoms with Crippen molar-refractivity contribution in [2.75, 3.05) is 26.7 Å². The molecule has 3 saturated heterocycles. The van der Waals surface area contributed by atoms with Gasteiger partial charge in [0.05, 0.1) is 18.5 Å². The number of carbonyl (C=O) groups is 2. The fourth-order valence-corrected chi connectivity index (χ4v) is 5.13. The summed E-state index contributed by atoms with van der Waals surface area (Å²) in [6.07, 6.45) is 3.69. The summed E-state index contributed by atoms with van der Waals surface area (Å²) in [5.41, 5.74) is -0.421. The van der Waals surface area contributed by atoms with E-state index in [1.807, 2.05) is 0 Å². The van der Waals surface area contributed by atoms with Crippen LogP contribution in [0.25, 0.3) is 0 Å². The summed E-state index contributed by atoms with van der Waals surface area (Å²) < 4.78 is 10.4. The molecule has 0 radical (unpaired) electrons. The van der Waals surface area contributed by atoms with Crippen molar-refractivity contribution in [3.05, 3.63) is 11.7 Å². The molecule has 3 atom stereocenters. The molecule has 4 heterocycles. The summed E-state index contributed by atoms with van der Waals surface area (Å²) in [5, 5.41) is 6.73. The Labute approximate surface area is 158 Å². The van der Waals surface area contributed by atoms with Gasteiger partial charge in [-0.2, -0.15) is 4.98 Å². The summed E-state index contributed by atoms with van der Waals surface area (Å²) in [7, 11) is 1.60. The number of hydrogen-bond donors (Lipinski definition) is 1. The summed E-state index contributed by atoms with van der Waals surface area (Å²) >= 11 is 0. The zero-order chi connectivity index (χ0) is 19.0. The number of fused-ring (bicyclic) bond motifs is 2. The third-order valence-corrected chi connectivity index (χ3v) is 6.36. The largest absolute Gasteiger partial charge is 0.377 e. The lowest BCUT2D eigenvalue weighted by molar-refractivity contribution is -0.148. The van der Waals surface area contributed by atoms with Crippen molar-refractivity contribution in [1.82, 2.24) is 25.3 Å². The molecule has 9 nitrogen and oxygen atoms in total. The Morgan fingerprint density at radius 3 is 3.04 bits per heavy atom. The third-order valence-electron chi connectivity index (χ3n) is 6.36. The molecular formula is C18H27N5O4. The van der Waals surface area contributed by atoms with Crippen LogP contribution in [0, 0.1) is 5.41 Å². The first kappa shape index (κ1) is 18.4. The predicted molar refractivity (Wildman–Crippen MR) is 94.3 cm³/mol. The van der Waals surface area contributed by atoms with Gasteiger partial charge in [0.1, 0.15) is 6.61 Å². The molecule has 2 bridgehead atoms. The highest BCUT2D eigenvalue weighted by molar-refractivity contribution is 5.89. The van der Waals surface area contributed by atoms with Gasteiger partial charge < -0.3 is 19.5 Å². The van der Waals surface area contributed by atoms with Crippen LogP contribution >= 0.6 is 0 Å². The van der Waals surface area contributed by atoms with E-state index >= 15 is 0 Å². The van der Waals surface area contributed by atoms with Gasteiger partial charge in [0.25, 0.3) is 0 Å². The minimum absolute atomic E-state index is 0.0719. The normalized spacial score (nSPS) is 30.7. The van der Waals surface area contributed by atoms with Crippen LogP contribution in [0.1, 0.15) is 44.3 Å². The summed E-state index contributed by atoms with van der Waals surface area (Å²) in [5.74, 6) is 1.16. The fourth-order valence-electron chi connectivity index (χ4n) is 5.13. The van der Waals surface area contributed by atoms with Gasteiger partial charge in [0.2, 0.25) is 17.7 Å². The highest BCUT2D eigenvalue weighted by atomic mass is 16.5. The summed E-state index contributed by atoms with van der Waals surface area (Å²) in [6.45, 7) is 4.26. The van der Waals surface area contributed by atoms with E-state index in [2.05, 4.69) is 27.3 Å². The maximum absolute atomic E-state index is 13.4. The number of amides is 2. The zero-order valence-corrected chi connectivity index (χ0v) is 15.9. The van der Waals surface area contributed by atoms with E-state index < -0.39 is 5.41 Å². The molecule has 1 aromatic rings. The standard InChI is InChI=1S/C18H27N5O4/c1-3-18(17(25)22-7-6-19-15(24)9-22)8-12-4-5-13(18)23(12)10-16-20-14(11-26-2)21-27-16/h12-13H,3-11H2,1-2H3,(H,19,24)/t12-,13+,18+/m1/s1. The Morgan fingerprint density at radius 2 is 2.30 bits per heavy atom. The number of rotatable bonds is 6. The first-order valence-corrected chi connectivity index (χ1v) is 9.69. The molecule has 0 unspecified atom stereocenters. The Kier molecular flexibility index (Phi) is 4.90. The van der Waals surface area contributed by atoms with Gasteiger partial charge >= 0.3 is 0 Å². The SMILES string of the molecule is CC[C@]1(C(=O)N2CCNC(=O)C2)C[C@H]2CC[C@@H]1N2Cc1nc(COC)no1. The number of aromatic nitrogens is 2. The molecule has 2 amide bonds. The van der Waals surface area contributed by atoms with Gasteiger partial charge in [-0.05, 0) is 25.7 Å². The number of nitrogens with one attached hydrogen (secondary N) is 1. The number of piperazine rings is 1. The molecule has 3 fully saturated rings. The van der Waals surface area contributed by atoms with Gasteiger partial charge in [-0.3, -0.25) is 14.5 Å². The smallest absolute Gasteiger partial charge is 0.240 e. The molecule has 1 aromatic heterocycles. The monoisotopic (exact) mass is 377 g/mol. The summed E-state index contributed by atoms with van der Waals surface area (Å²) in [4.78, 5) is 33.7. The quantitative estimate of drug-likeness (QED) is 0.761. The van der Waals surface area contributed by atoms with E-state index in [-0.39, 0.29) is 24.4 Å². The Balaban J connectivity index is 1.51. The first-order chi connectivity index (χ1) is 13.1. The van der Waals surface area contributed by atoms with Crippen molar-refractivity contribution in [1.29, 1.82) is 0 Å². The Bertz CT molecular complexity index is 722. The van der Waals surface area contributed by atoms with Gasteiger partial charge in [-0.25, -0.2) is 0 Å². The Morgan fingerprint density at radius 1 is 1.44 bits per heavy atom. The number of methoxy groups -OCH3 is 1. The number of hydrogen-bond acceptors (Lipinski definition) is 7. The van der Waals surface area contributed by atoms with Gasteiger partial charge in [-0.15, -0.1) is 0 Å². The second-order valence-corrected chi connectivity index (χ2v) is 7.75. The predicted octanol–water partition coefficient (Wildman–Crippen LogP) is 0.308. The van der Waals surface area contributed by atoms with Crippen LogP contribution in [0.2, 0.25) is 0 Å². The molecule has 1 N–H and O–H groups in total. The van der Waals surface area contributed by atoms with E-state index in [1.54, 1.807) is 12.0 Å². The van der Waals surface area contributed by atoms with Crippen LogP contribution in [0.15, 0.2) is 4.52 Å². The number of nitrogens with zero attached hydrogens (tertiary/aromatic N) is 4. The maximum Gasteiger partial charge on any atom is 0.240 e. The third kappa shape index (κ3) is 3.12. The lowest BCUT2D eigenvalue weighted by atomic mass is 9.70. The Hall–Kier alpha value is -2.00. The molecule has 0 spiro atoms. The van der Waals surface area contributed by atoms with Crippen LogP contribution in [-0.2, 0) is 27.5 Å². The van der Waals surface area contributed by atoms with Crippen molar-refractivity contribution in [2.45, 2.75) is 57.8 Å². The van der Waals surface area contributed by atoms with Crippen LogP contribution < -0.4 is 5.32 Å². The van der Waals surface area contributed by atoms with Crippen molar-refractivity contribution < 1.29 is 18.8 Å². The molecule has 3 aliphatic rings. The fraction of sp³-hybridized carbons (Fsp3) is 0.778. The lowest BCUT2D eigenvalue weighted by Crippen LogP contribution is -2.57. The average molecular weight is 377 g/mol. The lowest BCUT2D eigenvalue weighted by Gasteiger charge is -2.40. The minimum Gasteiger partial charge on any atom is -0.377 e. The molecule has 27 heavy (non-hydrogen) atoms. The highest BCUT2D eigenvalue weighted by Gasteiger charge is 2.59. The second kappa shape index (κ2) is 7.20. The van der Waals surface area contributed by atoms with Crippen molar-refractivity contribution in [3.8, 4) is 0 Å². The molecule has 9 heteroatoms. The second-order valence-electron chi connectivity index (χ2n) is 7.75. The molecular weight excluding hydrogens is 350 g/mol. The van der Waals surface area contributed by atoms with Crippen LogP contribution in [0.3, 0.4) is 0 Å². The van der Waals surface area contributed by atoms with Gasteiger partial charge in [0.15, 0.2) is 5.82 Å². The number of carbonyl (C=O) groups excluding carboxylic acids is 2. The van der Waals surface area contributed by atoms with Gasteiger partial charge in [0, 0.05) is 32.3 Å². The summed E-state index contributed by atoms with van der Waals surface area (Å²) in [6, 6.07) is 0.498. The van der Waals surface area contributed by atoms with E-state index in [0.717, 1.165) is 25.7 Å². The van der Waals surface area contributed by atoms with Gasteiger partial charge in [-0.1, -0.05) is 12.1 Å². The molecule has 3 aliphatic heterocycles. The van der Waals surface area contributed by atoms with Crippen molar-refractivity contribution in [3.63, 3.8) is 0 Å². The van der Waals surface area contributed by atoms with Crippen LogP contribution in [0.4, 0.5) is 0 Å². The first-order valence-electron chi connectivity index (χ1n) is 9.69. The van der Waals surface area contributed by atoms with E-state index in [1.165, 1.54) is 0 Å². The minimum atomic E-state index is -0.421. The highest BCUT2D eigenvalue weighted by Crippen LogP contribution is 2.53. The van der Waals surface area contributed by atoms with Crippen molar-refractivity contribution in [2.24, 2.45) is 5.41 Å². The topological polar surface area (TPSA) is 101 Å². The average Bonchev–Trinajstić information content (AvgIpc) is 3.36. The maximum atomic E-state index is 13.4. The molecule has 148 valence electrons. The van der Waals surface area contributed by atoms with Crippen LogP contribution in [0.5, 0.6) is 0 Å². The molecule has 0 saturated carbocycles. The van der Waals surface area contributed by atoms with E-state index in [0.29, 0.717) is 44.0 Å². The molecule has 0 aromatic carbocycles. The zero-order valence-electron chi connectivity index (χ0n) is 15.9. The van der Waals surface area contributed by atoms with E-state index in [4.69, 9.17) is 9.26 Å². The van der Waals surface area contributed by atoms with E-state index in [9.17, 15) is 9.59 Å². The molecule has 0 aliphatic carbocycles. The van der Waals surface area contributed by atoms with Crippen molar-refractivity contribution >= 4 is 11.8 Å². The van der Waals surface area contributed by atoms with Crippen LogP contribution in [-0.4, -0.2) is 70.6 Å². The number of ether oxygens (including phenoxy) is 1.